The molecule has 4 heteroatoms. The standard InChI is InChI=1S/C17H26N2O2/c1-19-9-3-4-14(12-19)21-15-6-5-13(10-16(15)20-2)11-17(18)7-8-17/h5-6,10,14H,3-4,7-9,11-12,18H2,1-2H3. The van der Waals surface area contributed by atoms with Gasteiger partial charge in [0.25, 0.3) is 0 Å². The summed E-state index contributed by atoms with van der Waals surface area (Å²) in [7, 11) is 3.85. The normalized spacial score (nSPS) is 24.6. The van der Waals surface area contributed by atoms with Crippen LogP contribution in [0.3, 0.4) is 0 Å². The molecule has 0 aromatic heterocycles. The minimum atomic E-state index is 0.0272. The van der Waals surface area contributed by atoms with Crippen LogP contribution in [0, 0.1) is 0 Å². The maximum Gasteiger partial charge on any atom is 0.161 e. The van der Waals surface area contributed by atoms with E-state index in [-0.39, 0.29) is 11.6 Å². The molecule has 1 aliphatic heterocycles. The van der Waals surface area contributed by atoms with Gasteiger partial charge in [-0.1, -0.05) is 6.07 Å². The molecule has 1 aliphatic carbocycles. The monoisotopic (exact) mass is 290 g/mol. The smallest absolute Gasteiger partial charge is 0.161 e. The topological polar surface area (TPSA) is 47.7 Å². The Morgan fingerprint density at radius 1 is 1.33 bits per heavy atom. The molecule has 2 aliphatic rings. The first kappa shape index (κ1) is 14.7. The molecule has 1 saturated carbocycles. The molecule has 116 valence electrons. The zero-order valence-electron chi connectivity index (χ0n) is 13.1. The second kappa shape index (κ2) is 5.85. The number of nitrogens with two attached hydrogens (primary N) is 1. The minimum Gasteiger partial charge on any atom is -0.493 e. The molecule has 1 aromatic rings. The van der Waals surface area contributed by atoms with Crippen LogP contribution in [0.1, 0.15) is 31.2 Å². The lowest BCUT2D eigenvalue weighted by molar-refractivity contribution is 0.101. The van der Waals surface area contributed by atoms with Gasteiger partial charge in [0.05, 0.1) is 7.11 Å². The Kier molecular flexibility index (Phi) is 4.09. The van der Waals surface area contributed by atoms with E-state index in [1.807, 2.05) is 6.07 Å². The molecule has 3 rings (SSSR count). The summed E-state index contributed by atoms with van der Waals surface area (Å²) in [5, 5.41) is 0. The molecule has 1 aromatic carbocycles. The highest BCUT2D eigenvalue weighted by molar-refractivity contribution is 5.44. The predicted molar refractivity (Wildman–Crippen MR) is 84.0 cm³/mol. The van der Waals surface area contributed by atoms with E-state index in [4.69, 9.17) is 15.2 Å². The van der Waals surface area contributed by atoms with Gasteiger partial charge in [-0.05, 0) is 63.4 Å². The zero-order valence-corrected chi connectivity index (χ0v) is 13.1. The van der Waals surface area contributed by atoms with Crippen molar-refractivity contribution in [3.63, 3.8) is 0 Å². The number of nitrogens with zero attached hydrogens (tertiary/aromatic N) is 1. The van der Waals surface area contributed by atoms with Crippen LogP contribution in [0.25, 0.3) is 0 Å². The first-order valence-electron chi connectivity index (χ1n) is 7.89. The highest BCUT2D eigenvalue weighted by Crippen LogP contribution is 2.38. The molecule has 4 nitrogen and oxygen atoms in total. The Morgan fingerprint density at radius 2 is 2.14 bits per heavy atom. The fraction of sp³-hybridized carbons (Fsp3) is 0.647. The van der Waals surface area contributed by atoms with Crippen LogP contribution < -0.4 is 15.2 Å². The van der Waals surface area contributed by atoms with Gasteiger partial charge in [-0.15, -0.1) is 0 Å². The van der Waals surface area contributed by atoms with E-state index in [9.17, 15) is 0 Å². The number of hydrogen-bond acceptors (Lipinski definition) is 4. The number of hydrogen-bond donors (Lipinski definition) is 1. The van der Waals surface area contributed by atoms with E-state index in [0.717, 1.165) is 50.3 Å². The fourth-order valence-corrected chi connectivity index (χ4v) is 3.06. The van der Waals surface area contributed by atoms with E-state index in [2.05, 4.69) is 24.1 Å². The second-order valence-electron chi connectivity index (χ2n) is 6.67. The SMILES string of the molecule is COc1cc(CC2(N)CC2)ccc1OC1CCCN(C)C1. The van der Waals surface area contributed by atoms with Crippen molar-refractivity contribution < 1.29 is 9.47 Å². The Bertz CT molecular complexity index is 500. The molecule has 0 radical (unpaired) electrons. The van der Waals surface area contributed by atoms with E-state index in [0.29, 0.717) is 0 Å². The zero-order chi connectivity index (χ0) is 14.9. The molecule has 21 heavy (non-hydrogen) atoms. The van der Waals surface area contributed by atoms with Gasteiger partial charge in [0.15, 0.2) is 11.5 Å². The molecule has 1 unspecified atom stereocenters. The van der Waals surface area contributed by atoms with Crippen molar-refractivity contribution in [3.8, 4) is 11.5 Å². The van der Waals surface area contributed by atoms with Crippen molar-refractivity contribution in [1.29, 1.82) is 0 Å². The number of likely N-dealkylation sites (N-methyl/N-ethyl adjacent to an activating group) is 1. The van der Waals surface area contributed by atoms with Gasteiger partial charge < -0.3 is 20.1 Å². The highest BCUT2D eigenvalue weighted by atomic mass is 16.5. The van der Waals surface area contributed by atoms with Gasteiger partial charge in [0.2, 0.25) is 0 Å². The lowest BCUT2D eigenvalue weighted by Crippen LogP contribution is -2.38. The molecular formula is C17H26N2O2. The summed E-state index contributed by atoms with van der Waals surface area (Å²) < 4.78 is 11.7. The molecular weight excluding hydrogens is 264 g/mol. The quantitative estimate of drug-likeness (QED) is 0.903. The van der Waals surface area contributed by atoms with E-state index in [1.165, 1.54) is 12.0 Å². The molecule has 1 heterocycles. The number of benzene rings is 1. The van der Waals surface area contributed by atoms with Crippen molar-refractivity contribution in [2.45, 2.75) is 43.7 Å². The van der Waals surface area contributed by atoms with Crippen LogP contribution in [0.4, 0.5) is 0 Å². The number of rotatable bonds is 5. The van der Waals surface area contributed by atoms with Crippen LogP contribution >= 0.6 is 0 Å². The summed E-state index contributed by atoms with van der Waals surface area (Å²) >= 11 is 0. The Labute approximate surface area is 127 Å². The summed E-state index contributed by atoms with van der Waals surface area (Å²) in [6, 6.07) is 6.24. The number of methoxy groups -OCH3 is 1. The van der Waals surface area contributed by atoms with Crippen LogP contribution in [0.5, 0.6) is 11.5 Å². The lowest BCUT2D eigenvalue weighted by atomic mass is 10.0. The minimum absolute atomic E-state index is 0.0272. The first-order chi connectivity index (χ1) is 10.1. The summed E-state index contributed by atoms with van der Waals surface area (Å²) in [5.41, 5.74) is 7.46. The third kappa shape index (κ3) is 3.69. The van der Waals surface area contributed by atoms with Crippen LogP contribution in [0.15, 0.2) is 18.2 Å². The van der Waals surface area contributed by atoms with E-state index in [1.54, 1.807) is 7.11 Å². The highest BCUT2D eigenvalue weighted by Gasteiger charge is 2.38. The predicted octanol–water partition coefficient (Wildman–Crippen LogP) is 2.20. The van der Waals surface area contributed by atoms with E-state index < -0.39 is 0 Å². The van der Waals surface area contributed by atoms with Gasteiger partial charge >= 0.3 is 0 Å². The summed E-state index contributed by atoms with van der Waals surface area (Å²) in [4.78, 5) is 2.32. The number of likely N-dealkylation sites (tertiary alicyclic amines) is 1. The van der Waals surface area contributed by atoms with Crippen molar-refractivity contribution >= 4 is 0 Å². The summed E-state index contributed by atoms with van der Waals surface area (Å²) in [5.74, 6) is 1.67. The van der Waals surface area contributed by atoms with Crippen LogP contribution in [-0.4, -0.2) is 43.8 Å². The Hall–Kier alpha value is -1.26. The number of ether oxygens (including phenoxy) is 2. The Balaban J connectivity index is 1.69. The first-order valence-corrected chi connectivity index (χ1v) is 7.89. The summed E-state index contributed by atoms with van der Waals surface area (Å²) in [6.45, 7) is 2.14. The fourth-order valence-electron chi connectivity index (χ4n) is 3.06. The maximum atomic E-state index is 6.20. The van der Waals surface area contributed by atoms with Gasteiger partial charge in [-0.25, -0.2) is 0 Å². The molecule has 2 N–H and O–H groups in total. The van der Waals surface area contributed by atoms with Gasteiger partial charge in [-0.2, -0.15) is 0 Å². The molecule has 0 amide bonds. The molecule has 0 bridgehead atoms. The third-order valence-corrected chi connectivity index (χ3v) is 4.55. The van der Waals surface area contributed by atoms with Crippen molar-refractivity contribution in [2.75, 3.05) is 27.2 Å². The van der Waals surface area contributed by atoms with Crippen LogP contribution in [-0.2, 0) is 6.42 Å². The largest absolute Gasteiger partial charge is 0.493 e. The molecule has 2 fully saturated rings. The average molecular weight is 290 g/mol. The van der Waals surface area contributed by atoms with Crippen molar-refractivity contribution in [3.05, 3.63) is 23.8 Å². The number of piperidine rings is 1. The molecule has 1 saturated heterocycles. The van der Waals surface area contributed by atoms with Gasteiger partial charge in [-0.3, -0.25) is 0 Å². The Morgan fingerprint density at radius 3 is 2.81 bits per heavy atom. The molecule has 0 spiro atoms. The average Bonchev–Trinajstić information content (AvgIpc) is 3.18. The second-order valence-corrected chi connectivity index (χ2v) is 6.67. The van der Waals surface area contributed by atoms with Crippen molar-refractivity contribution in [2.24, 2.45) is 5.73 Å². The summed E-state index contributed by atoms with van der Waals surface area (Å²) in [6.07, 6.45) is 5.74. The third-order valence-electron chi connectivity index (χ3n) is 4.55. The van der Waals surface area contributed by atoms with Gasteiger partial charge in [0, 0.05) is 12.1 Å². The van der Waals surface area contributed by atoms with Crippen molar-refractivity contribution in [1.82, 2.24) is 4.90 Å². The lowest BCUT2D eigenvalue weighted by Gasteiger charge is -2.30. The van der Waals surface area contributed by atoms with E-state index >= 15 is 0 Å². The van der Waals surface area contributed by atoms with Gasteiger partial charge in [0.1, 0.15) is 6.10 Å². The maximum absolute atomic E-state index is 6.20. The van der Waals surface area contributed by atoms with Crippen LogP contribution in [0.2, 0.25) is 0 Å². The molecule has 1 atom stereocenters.